The molecule has 0 saturated carbocycles. The van der Waals surface area contributed by atoms with E-state index in [9.17, 15) is 19.5 Å². The highest BCUT2D eigenvalue weighted by Gasteiger charge is 2.44. The Morgan fingerprint density at radius 2 is 1.67 bits per heavy atom. The van der Waals surface area contributed by atoms with E-state index in [-0.39, 0.29) is 30.7 Å². The van der Waals surface area contributed by atoms with Gasteiger partial charge in [0, 0.05) is 25.9 Å². The van der Waals surface area contributed by atoms with Gasteiger partial charge in [-0.15, -0.1) is 11.3 Å². The molecule has 5 N–H and O–H groups in total. The van der Waals surface area contributed by atoms with Gasteiger partial charge in [-0.2, -0.15) is 0 Å². The van der Waals surface area contributed by atoms with Crippen LogP contribution in [0.3, 0.4) is 0 Å². The molecule has 1 saturated heterocycles. The first-order valence-electron chi connectivity index (χ1n) is 15.8. The van der Waals surface area contributed by atoms with Crippen LogP contribution in [0.4, 0.5) is 0 Å². The summed E-state index contributed by atoms with van der Waals surface area (Å²) in [5.74, 6) is -0.803. The number of aliphatic hydroxyl groups is 1. The van der Waals surface area contributed by atoms with Gasteiger partial charge in [-0.25, -0.2) is 4.98 Å². The average molecular weight is 614 g/mol. The number of unbranched alkanes of at least 4 members (excludes halogenated alkanes) is 7. The molecule has 0 unspecified atom stereocenters. The largest absolute Gasteiger partial charge is 0.391 e. The molecule has 1 aromatic heterocycles. The average Bonchev–Trinajstić information content (AvgIpc) is 3.58. The monoisotopic (exact) mass is 613 g/mol. The van der Waals surface area contributed by atoms with Crippen LogP contribution in [0.2, 0.25) is 0 Å². The summed E-state index contributed by atoms with van der Waals surface area (Å²) in [6, 6.07) is 6.36. The molecule has 2 heterocycles. The third-order valence-corrected chi connectivity index (χ3v) is 9.05. The Kier molecular flexibility index (Phi) is 13.6. The van der Waals surface area contributed by atoms with Gasteiger partial charge in [-0.3, -0.25) is 14.4 Å². The zero-order chi connectivity index (χ0) is 31.4. The summed E-state index contributed by atoms with van der Waals surface area (Å²) < 4.78 is 0. The minimum absolute atomic E-state index is 0.0630. The number of amides is 3. The molecule has 3 rings (SSSR count). The molecule has 43 heavy (non-hydrogen) atoms. The second kappa shape index (κ2) is 16.9. The van der Waals surface area contributed by atoms with Crippen LogP contribution >= 0.6 is 11.3 Å². The number of β-amino-alcohol motifs (C(OH)–C–C–N with tert-alkyl or cyclic N) is 1. The van der Waals surface area contributed by atoms with Crippen molar-refractivity contribution in [3.05, 3.63) is 41.0 Å². The van der Waals surface area contributed by atoms with E-state index in [1.54, 1.807) is 11.3 Å². The zero-order valence-electron chi connectivity index (χ0n) is 26.4. The van der Waals surface area contributed by atoms with Gasteiger partial charge < -0.3 is 26.4 Å². The van der Waals surface area contributed by atoms with Crippen LogP contribution in [0, 0.1) is 12.3 Å². The van der Waals surface area contributed by atoms with Gasteiger partial charge in [-0.05, 0) is 42.9 Å². The van der Waals surface area contributed by atoms with E-state index >= 15 is 0 Å². The quantitative estimate of drug-likeness (QED) is 0.203. The van der Waals surface area contributed by atoms with E-state index in [1.807, 2.05) is 57.5 Å². The lowest BCUT2D eigenvalue weighted by atomic mass is 9.85. The number of aromatic nitrogens is 1. The lowest BCUT2D eigenvalue weighted by Crippen LogP contribution is -2.57. The number of aliphatic hydroxyl groups excluding tert-OH is 1. The summed E-state index contributed by atoms with van der Waals surface area (Å²) in [5.41, 5.74) is 9.80. The summed E-state index contributed by atoms with van der Waals surface area (Å²) in [4.78, 5) is 46.8. The Hall–Kier alpha value is -2.82. The number of nitrogens with two attached hydrogens (primary N) is 1. The molecular weight excluding hydrogens is 562 g/mol. The van der Waals surface area contributed by atoms with E-state index in [4.69, 9.17) is 5.73 Å². The maximum absolute atomic E-state index is 13.8. The third-order valence-electron chi connectivity index (χ3n) is 8.07. The Bertz CT molecular complexity index is 1180. The Labute approximate surface area is 261 Å². The predicted octanol–water partition coefficient (Wildman–Crippen LogP) is 4.70. The zero-order valence-corrected chi connectivity index (χ0v) is 27.2. The Morgan fingerprint density at radius 3 is 2.26 bits per heavy atom. The Morgan fingerprint density at radius 1 is 1.05 bits per heavy atom. The molecular formula is C33H51N5O4S. The number of aryl methyl sites for hydroxylation is 1. The normalized spacial score (nSPS) is 17.6. The number of hydrogen-bond acceptors (Lipinski definition) is 7. The van der Waals surface area contributed by atoms with Crippen molar-refractivity contribution in [3.63, 3.8) is 0 Å². The van der Waals surface area contributed by atoms with Crippen molar-refractivity contribution < 1.29 is 19.5 Å². The maximum Gasteiger partial charge on any atom is 0.246 e. The fourth-order valence-electron chi connectivity index (χ4n) is 5.50. The predicted molar refractivity (Wildman–Crippen MR) is 172 cm³/mol. The molecule has 1 fully saturated rings. The van der Waals surface area contributed by atoms with Crippen molar-refractivity contribution in [3.8, 4) is 10.4 Å². The molecule has 0 spiro atoms. The van der Waals surface area contributed by atoms with Crippen LogP contribution in [0.15, 0.2) is 29.8 Å². The minimum atomic E-state index is -0.800. The van der Waals surface area contributed by atoms with Crippen LogP contribution in [-0.4, -0.2) is 64.0 Å². The van der Waals surface area contributed by atoms with Gasteiger partial charge in [0.05, 0.1) is 22.2 Å². The van der Waals surface area contributed by atoms with Crippen molar-refractivity contribution in [1.82, 2.24) is 20.5 Å². The minimum Gasteiger partial charge on any atom is -0.391 e. The smallest absolute Gasteiger partial charge is 0.246 e. The van der Waals surface area contributed by atoms with E-state index in [0.717, 1.165) is 60.3 Å². The number of rotatable bonds is 16. The third kappa shape index (κ3) is 10.7. The first kappa shape index (κ1) is 34.7. The van der Waals surface area contributed by atoms with Crippen LogP contribution < -0.4 is 16.4 Å². The first-order valence-corrected chi connectivity index (χ1v) is 16.6. The number of hydrogen-bond donors (Lipinski definition) is 4. The molecule has 9 nitrogen and oxygen atoms in total. The van der Waals surface area contributed by atoms with Gasteiger partial charge in [0.15, 0.2) is 0 Å². The molecule has 10 heteroatoms. The van der Waals surface area contributed by atoms with Crippen LogP contribution in [0.1, 0.15) is 96.2 Å². The number of nitrogens with one attached hydrogen (secondary N) is 2. The molecule has 2 aromatic rings. The van der Waals surface area contributed by atoms with Gasteiger partial charge >= 0.3 is 0 Å². The van der Waals surface area contributed by atoms with Gasteiger partial charge in [-0.1, -0.05) is 83.6 Å². The number of benzene rings is 1. The molecule has 1 aromatic carbocycles. The fraction of sp³-hybridized carbons (Fsp3) is 0.636. The van der Waals surface area contributed by atoms with E-state index in [0.29, 0.717) is 13.0 Å². The standard InChI is InChI=1S/C33H51N5O4S/c1-23-29(43-22-36-23)25-16-14-24(15-17-25)20-35-31(41)27-19-26(39)21-38(27)32(42)30(33(2,3)4)37-28(40)13-11-9-7-5-6-8-10-12-18-34/h14-17,22,26-27,30,39H,5-13,18-21,34H2,1-4H3,(H,35,41)(H,37,40)/t26-,27+,30+/m0/s1. The number of nitrogens with zero attached hydrogens (tertiary/aromatic N) is 2. The molecule has 1 aliphatic heterocycles. The van der Waals surface area contributed by atoms with Crippen molar-refractivity contribution in [2.75, 3.05) is 13.1 Å². The number of thiazole rings is 1. The molecule has 238 valence electrons. The summed E-state index contributed by atoms with van der Waals surface area (Å²) in [6.07, 6.45) is 8.40. The number of carbonyl (C=O) groups is 3. The van der Waals surface area contributed by atoms with Gasteiger partial charge in [0.25, 0.3) is 0 Å². The van der Waals surface area contributed by atoms with Crippen LogP contribution in [-0.2, 0) is 20.9 Å². The second-order valence-corrected chi connectivity index (χ2v) is 13.7. The topological polar surface area (TPSA) is 138 Å². The lowest BCUT2D eigenvalue weighted by Gasteiger charge is -2.35. The van der Waals surface area contributed by atoms with Gasteiger partial charge in [0.1, 0.15) is 12.1 Å². The second-order valence-electron chi connectivity index (χ2n) is 12.8. The van der Waals surface area contributed by atoms with Gasteiger partial charge in [0.2, 0.25) is 17.7 Å². The van der Waals surface area contributed by atoms with Crippen LogP contribution in [0.25, 0.3) is 10.4 Å². The van der Waals surface area contributed by atoms with E-state index < -0.39 is 23.6 Å². The summed E-state index contributed by atoms with van der Waals surface area (Å²) in [5, 5.41) is 16.3. The van der Waals surface area contributed by atoms with E-state index in [1.165, 1.54) is 24.2 Å². The maximum atomic E-state index is 13.8. The first-order chi connectivity index (χ1) is 20.5. The van der Waals surface area contributed by atoms with Crippen LogP contribution in [0.5, 0.6) is 0 Å². The lowest BCUT2D eigenvalue weighted by molar-refractivity contribution is -0.144. The highest BCUT2D eigenvalue weighted by molar-refractivity contribution is 7.13. The van der Waals surface area contributed by atoms with Crippen molar-refractivity contribution in [1.29, 1.82) is 0 Å². The number of carbonyl (C=O) groups excluding carboxylic acids is 3. The molecule has 3 amide bonds. The fourth-order valence-corrected chi connectivity index (χ4v) is 6.32. The van der Waals surface area contributed by atoms with Crippen molar-refractivity contribution >= 4 is 29.1 Å². The molecule has 1 aliphatic rings. The highest BCUT2D eigenvalue weighted by atomic mass is 32.1. The van der Waals surface area contributed by atoms with E-state index in [2.05, 4.69) is 15.6 Å². The molecule has 0 bridgehead atoms. The number of likely N-dealkylation sites (tertiary alicyclic amines) is 1. The highest BCUT2D eigenvalue weighted by Crippen LogP contribution is 2.28. The SMILES string of the molecule is Cc1ncsc1-c1ccc(CNC(=O)[C@H]2C[C@H](O)CN2C(=O)[C@@H](NC(=O)CCCCCCCCCCN)C(C)(C)C)cc1. The Balaban J connectivity index is 1.52. The summed E-state index contributed by atoms with van der Waals surface area (Å²) in [6.45, 7) is 8.81. The molecule has 0 aliphatic carbocycles. The molecule has 3 atom stereocenters. The molecule has 0 radical (unpaired) electrons. The van der Waals surface area contributed by atoms with Crippen molar-refractivity contribution in [2.24, 2.45) is 11.1 Å². The van der Waals surface area contributed by atoms with Crippen molar-refractivity contribution in [2.45, 2.75) is 117 Å². The summed E-state index contributed by atoms with van der Waals surface area (Å²) >= 11 is 1.59. The summed E-state index contributed by atoms with van der Waals surface area (Å²) in [7, 11) is 0.